The van der Waals surface area contributed by atoms with E-state index in [-0.39, 0.29) is 11.8 Å². The second-order valence-corrected chi connectivity index (χ2v) is 8.05. The van der Waals surface area contributed by atoms with Gasteiger partial charge in [0.15, 0.2) is 0 Å². The van der Waals surface area contributed by atoms with E-state index in [9.17, 15) is 5.11 Å². The molecule has 188 valence electrons. The number of rotatable bonds is 5. The van der Waals surface area contributed by atoms with Crippen molar-refractivity contribution in [2.24, 2.45) is 9.98 Å². The first-order valence-electron chi connectivity index (χ1n) is 10.5. The molecular formula is C26H26Cl2N4O4. The van der Waals surface area contributed by atoms with Crippen molar-refractivity contribution in [3.8, 4) is 11.5 Å². The van der Waals surface area contributed by atoms with Crippen LogP contribution < -0.4 is 15.0 Å². The lowest BCUT2D eigenvalue weighted by molar-refractivity contribution is -0.0987. The number of carbonyl (C=O) groups excluding carboxylic acids is 2. The van der Waals surface area contributed by atoms with Crippen LogP contribution >= 0.6 is 23.2 Å². The average molecular weight is 529 g/mol. The lowest BCUT2D eigenvalue weighted by Crippen LogP contribution is -2.34. The first-order valence-corrected chi connectivity index (χ1v) is 11.3. The molecule has 36 heavy (non-hydrogen) atoms. The minimum atomic E-state index is -0.250. The summed E-state index contributed by atoms with van der Waals surface area (Å²) in [5.41, 5.74) is 2.58. The van der Waals surface area contributed by atoms with E-state index < -0.39 is 0 Å². The van der Waals surface area contributed by atoms with Crippen LogP contribution in [0, 0.1) is 0 Å². The number of phenols is 1. The molecule has 0 bridgehead atoms. The number of anilines is 2. The normalized spacial score (nSPS) is 14.6. The third-order valence-corrected chi connectivity index (χ3v) is 5.63. The minimum Gasteiger partial charge on any atom is -0.508 e. The van der Waals surface area contributed by atoms with Gasteiger partial charge in [-0.1, -0.05) is 23.2 Å². The van der Waals surface area contributed by atoms with Gasteiger partial charge in [0.25, 0.3) is 0 Å². The van der Waals surface area contributed by atoms with Crippen LogP contribution in [0.1, 0.15) is 5.56 Å². The number of hydrogen-bond donors (Lipinski definition) is 2. The highest BCUT2D eigenvalue weighted by Gasteiger charge is 2.32. The SMILES string of the molecule is C=O.C=O.CN=C(Nc1ccc(Cl)cc1)C1CN(c2ccc(Cl)cc2)C(c2ccc(O)cc2OC)=N1. The molecule has 3 aromatic carbocycles. The van der Waals surface area contributed by atoms with E-state index in [1.165, 1.54) is 0 Å². The maximum Gasteiger partial charge on any atom is 0.140 e. The van der Waals surface area contributed by atoms with Gasteiger partial charge in [-0.25, -0.2) is 0 Å². The molecule has 1 aliphatic heterocycles. The Labute approximate surface area is 219 Å². The molecule has 0 amide bonds. The average Bonchev–Trinajstić information content (AvgIpc) is 3.36. The molecule has 1 heterocycles. The number of aromatic hydroxyl groups is 1. The van der Waals surface area contributed by atoms with Crippen molar-refractivity contribution in [1.29, 1.82) is 0 Å². The van der Waals surface area contributed by atoms with Gasteiger partial charge in [-0.15, -0.1) is 0 Å². The molecule has 10 heteroatoms. The maximum absolute atomic E-state index is 9.90. The van der Waals surface area contributed by atoms with Crippen molar-refractivity contribution in [3.63, 3.8) is 0 Å². The molecule has 0 radical (unpaired) electrons. The predicted octanol–water partition coefficient (Wildman–Crippen LogP) is 5.11. The molecule has 3 aromatic rings. The molecule has 4 rings (SSSR count). The molecule has 8 nitrogen and oxygen atoms in total. The molecular weight excluding hydrogens is 503 g/mol. The third kappa shape index (κ3) is 6.84. The van der Waals surface area contributed by atoms with Crippen LogP contribution in [-0.4, -0.2) is 57.1 Å². The van der Waals surface area contributed by atoms with Crippen LogP contribution in [0.4, 0.5) is 11.4 Å². The summed E-state index contributed by atoms with van der Waals surface area (Å²) < 4.78 is 5.52. The van der Waals surface area contributed by atoms with Crippen molar-refractivity contribution in [1.82, 2.24) is 0 Å². The van der Waals surface area contributed by atoms with Crippen LogP contribution in [-0.2, 0) is 9.59 Å². The summed E-state index contributed by atoms with van der Waals surface area (Å²) in [6.07, 6.45) is 0. The van der Waals surface area contributed by atoms with Crippen molar-refractivity contribution in [2.45, 2.75) is 6.04 Å². The quantitative estimate of drug-likeness (QED) is 0.352. The van der Waals surface area contributed by atoms with Crippen LogP contribution in [0.15, 0.2) is 76.7 Å². The Balaban J connectivity index is 0.00000109. The van der Waals surface area contributed by atoms with Crippen molar-refractivity contribution in [2.75, 3.05) is 30.9 Å². The highest BCUT2D eigenvalue weighted by Crippen LogP contribution is 2.31. The fourth-order valence-corrected chi connectivity index (χ4v) is 3.81. The molecule has 1 atom stereocenters. The van der Waals surface area contributed by atoms with E-state index >= 15 is 0 Å². The Hall–Kier alpha value is -3.88. The Morgan fingerprint density at radius 1 is 1.03 bits per heavy atom. The van der Waals surface area contributed by atoms with E-state index in [1.807, 2.05) is 62.1 Å². The second kappa shape index (κ2) is 13.9. The van der Waals surface area contributed by atoms with Crippen LogP contribution in [0.2, 0.25) is 10.0 Å². The van der Waals surface area contributed by atoms with E-state index in [1.54, 1.807) is 32.4 Å². The number of halogens is 2. The van der Waals surface area contributed by atoms with Gasteiger partial charge in [-0.2, -0.15) is 0 Å². The summed E-state index contributed by atoms with van der Waals surface area (Å²) in [4.78, 5) is 27.5. The zero-order valence-electron chi connectivity index (χ0n) is 19.8. The fourth-order valence-electron chi connectivity index (χ4n) is 3.56. The van der Waals surface area contributed by atoms with Crippen molar-refractivity contribution >= 4 is 59.8 Å². The fraction of sp³-hybridized carbons (Fsp3) is 0.154. The number of aliphatic imine (C=N–C) groups is 2. The van der Waals surface area contributed by atoms with Gasteiger partial charge < -0.3 is 29.6 Å². The molecule has 0 aromatic heterocycles. The molecule has 0 saturated carbocycles. The molecule has 0 spiro atoms. The van der Waals surface area contributed by atoms with Crippen molar-refractivity contribution < 1.29 is 19.4 Å². The molecule has 0 aliphatic carbocycles. The van der Waals surface area contributed by atoms with Gasteiger partial charge in [0.1, 0.15) is 42.8 Å². The summed E-state index contributed by atoms with van der Waals surface area (Å²) >= 11 is 12.1. The number of nitrogens with zero attached hydrogens (tertiary/aromatic N) is 3. The monoisotopic (exact) mass is 528 g/mol. The van der Waals surface area contributed by atoms with Crippen LogP contribution in [0.5, 0.6) is 11.5 Å². The number of nitrogens with one attached hydrogen (secondary N) is 1. The number of ether oxygens (including phenoxy) is 1. The highest BCUT2D eigenvalue weighted by atomic mass is 35.5. The number of methoxy groups -OCH3 is 1. The Kier molecular flexibility index (Phi) is 10.9. The minimum absolute atomic E-state index is 0.124. The number of benzene rings is 3. The first-order chi connectivity index (χ1) is 17.5. The Bertz CT molecular complexity index is 1200. The Morgan fingerprint density at radius 3 is 2.17 bits per heavy atom. The van der Waals surface area contributed by atoms with Crippen molar-refractivity contribution in [3.05, 3.63) is 82.3 Å². The molecule has 2 N–H and O–H groups in total. The van der Waals surface area contributed by atoms with E-state index in [2.05, 4.69) is 15.2 Å². The highest BCUT2D eigenvalue weighted by molar-refractivity contribution is 6.31. The zero-order valence-corrected chi connectivity index (χ0v) is 21.3. The number of carbonyl (C=O) groups is 2. The van der Waals surface area contributed by atoms with Gasteiger partial charge in [0.2, 0.25) is 0 Å². The maximum atomic E-state index is 9.90. The van der Waals surface area contributed by atoms with Gasteiger partial charge in [0, 0.05) is 34.5 Å². The summed E-state index contributed by atoms with van der Waals surface area (Å²) in [7, 11) is 3.30. The predicted molar refractivity (Wildman–Crippen MR) is 146 cm³/mol. The van der Waals surface area contributed by atoms with Gasteiger partial charge >= 0.3 is 0 Å². The second-order valence-electron chi connectivity index (χ2n) is 7.18. The molecule has 0 saturated heterocycles. The topological polar surface area (TPSA) is 104 Å². The molecule has 0 fully saturated rings. The first kappa shape index (κ1) is 28.4. The van der Waals surface area contributed by atoms with Gasteiger partial charge in [-0.3, -0.25) is 9.98 Å². The standard InChI is InChI=1S/C24H22Cl2N4O2.2CH2O/c1-27-23(28-17-7-3-15(25)4-8-17)21-14-30(18-9-5-16(26)6-10-18)24(29-21)20-12-11-19(31)13-22(20)32-2;2*1-2/h3-13,21,31H,14H2,1-2H3,(H,27,28);2*1H2. The number of amidine groups is 2. The lowest BCUT2D eigenvalue weighted by Gasteiger charge is -2.23. The van der Waals surface area contributed by atoms with E-state index in [4.69, 9.17) is 42.5 Å². The van der Waals surface area contributed by atoms with Crippen LogP contribution in [0.3, 0.4) is 0 Å². The third-order valence-electron chi connectivity index (χ3n) is 5.13. The van der Waals surface area contributed by atoms with E-state index in [0.29, 0.717) is 28.2 Å². The summed E-state index contributed by atoms with van der Waals surface area (Å²) in [6.45, 7) is 4.56. The zero-order chi connectivity index (χ0) is 26.7. The summed E-state index contributed by atoms with van der Waals surface area (Å²) in [6, 6.07) is 19.8. The molecule has 1 unspecified atom stereocenters. The number of phenolic OH excluding ortho intramolecular Hbond substituents is 1. The summed E-state index contributed by atoms with van der Waals surface area (Å²) in [5, 5.41) is 14.6. The van der Waals surface area contributed by atoms with Gasteiger partial charge in [0.05, 0.1) is 19.2 Å². The Morgan fingerprint density at radius 2 is 1.61 bits per heavy atom. The van der Waals surface area contributed by atoms with Gasteiger partial charge in [-0.05, 0) is 60.7 Å². The van der Waals surface area contributed by atoms with E-state index in [0.717, 1.165) is 22.8 Å². The number of hydrogen-bond acceptors (Lipinski definition) is 7. The largest absolute Gasteiger partial charge is 0.508 e. The van der Waals surface area contributed by atoms with Crippen LogP contribution in [0.25, 0.3) is 0 Å². The molecule has 1 aliphatic rings. The lowest BCUT2D eigenvalue weighted by atomic mass is 10.1. The smallest absolute Gasteiger partial charge is 0.140 e. The summed E-state index contributed by atoms with van der Waals surface area (Å²) in [5.74, 6) is 2.09.